The van der Waals surface area contributed by atoms with Gasteiger partial charge in [-0.25, -0.2) is 9.97 Å². The maximum absolute atomic E-state index is 13.5. The van der Waals surface area contributed by atoms with Crippen LogP contribution in [0.3, 0.4) is 0 Å². The van der Waals surface area contributed by atoms with Crippen LogP contribution in [0.2, 0.25) is 0 Å². The number of ether oxygens (including phenoxy) is 4. The van der Waals surface area contributed by atoms with Crippen molar-refractivity contribution in [2.75, 3.05) is 71.4 Å². The molecule has 0 aliphatic heterocycles. The number of anilines is 1. The SMILES string of the molecule is CCCCCCCCCCCCOC(=O)CCN(CCCCCC(=O)OC(C)(C)Cn1c(CNCC)nc2c(N)nc3ccccc3c21)CCCN(CCC(=O)OCCCCCCCCCC)CCC(=O)OCCCCCCCCCCCC. The zero-order valence-corrected chi connectivity index (χ0v) is 54.3. The molecular weight excluding hydrogens is 1050 g/mol. The molecule has 2 aromatic heterocycles. The lowest BCUT2D eigenvalue weighted by Gasteiger charge is -2.27. The fraction of sp³-hybridized carbons (Fsp3) is 0.797. The molecule has 0 atom stereocenters. The lowest BCUT2D eigenvalue weighted by atomic mass is 10.1. The zero-order valence-electron chi connectivity index (χ0n) is 54.3. The van der Waals surface area contributed by atoms with Gasteiger partial charge in [0.2, 0.25) is 0 Å². The van der Waals surface area contributed by atoms with Gasteiger partial charge in [-0.05, 0) is 84.6 Å². The van der Waals surface area contributed by atoms with E-state index in [1.54, 1.807) is 0 Å². The average molecular weight is 1180 g/mol. The molecule has 3 rings (SSSR count). The van der Waals surface area contributed by atoms with Crippen LogP contribution in [0.1, 0.15) is 279 Å². The Hall–Kier alpha value is -4.34. The van der Waals surface area contributed by atoms with Crippen molar-refractivity contribution < 1.29 is 38.1 Å². The molecule has 0 aliphatic carbocycles. The molecule has 1 aromatic carbocycles. The lowest BCUT2D eigenvalue weighted by molar-refractivity contribution is -0.158. The van der Waals surface area contributed by atoms with Crippen molar-refractivity contribution in [2.45, 2.75) is 291 Å². The van der Waals surface area contributed by atoms with E-state index < -0.39 is 5.60 Å². The summed E-state index contributed by atoms with van der Waals surface area (Å²) in [5.74, 6) is 0.365. The molecular formula is C69H121N7O8. The maximum atomic E-state index is 13.5. The van der Waals surface area contributed by atoms with Crippen LogP contribution in [-0.4, -0.2) is 119 Å². The highest BCUT2D eigenvalue weighted by atomic mass is 16.6. The van der Waals surface area contributed by atoms with E-state index >= 15 is 0 Å². The lowest BCUT2D eigenvalue weighted by Crippen LogP contribution is -2.34. The number of rotatable bonds is 56. The maximum Gasteiger partial charge on any atom is 0.307 e. The van der Waals surface area contributed by atoms with E-state index in [2.05, 4.69) is 52.4 Å². The van der Waals surface area contributed by atoms with Crippen LogP contribution in [0.5, 0.6) is 0 Å². The molecule has 15 heteroatoms. The number of carbonyl (C=O) groups is 4. The topological polar surface area (TPSA) is 180 Å². The Bertz CT molecular complexity index is 2180. The molecule has 0 bridgehead atoms. The summed E-state index contributed by atoms with van der Waals surface area (Å²) in [6, 6.07) is 7.91. The van der Waals surface area contributed by atoms with Crippen molar-refractivity contribution >= 4 is 51.6 Å². The predicted octanol–water partition coefficient (Wildman–Crippen LogP) is 15.9. The Balaban J connectivity index is 1.57. The second-order valence-corrected chi connectivity index (χ2v) is 24.4. The van der Waals surface area contributed by atoms with E-state index in [1.165, 1.54) is 141 Å². The van der Waals surface area contributed by atoms with Crippen molar-refractivity contribution in [2.24, 2.45) is 0 Å². The van der Waals surface area contributed by atoms with Crippen molar-refractivity contribution in [1.82, 2.24) is 29.7 Å². The minimum atomic E-state index is -0.836. The van der Waals surface area contributed by atoms with E-state index in [-0.39, 0.29) is 36.7 Å². The van der Waals surface area contributed by atoms with Gasteiger partial charge in [-0.2, -0.15) is 0 Å². The van der Waals surface area contributed by atoms with Gasteiger partial charge in [0.25, 0.3) is 0 Å². The second-order valence-electron chi connectivity index (χ2n) is 24.4. The third kappa shape index (κ3) is 34.7. The molecule has 3 N–H and O–H groups in total. The first kappa shape index (κ1) is 73.9. The first-order chi connectivity index (χ1) is 40.9. The van der Waals surface area contributed by atoms with Crippen LogP contribution in [-0.2, 0) is 51.2 Å². The van der Waals surface area contributed by atoms with Gasteiger partial charge in [-0.1, -0.05) is 213 Å². The number of esters is 4. The number of nitrogens with zero attached hydrogens (tertiary/aromatic N) is 5. The van der Waals surface area contributed by atoms with Gasteiger partial charge in [-0.3, -0.25) is 19.2 Å². The van der Waals surface area contributed by atoms with Crippen LogP contribution in [0.4, 0.5) is 5.82 Å². The number of fused-ring (bicyclic) bond motifs is 3. The van der Waals surface area contributed by atoms with Gasteiger partial charge >= 0.3 is 23.9 Å². The van der Waals surface area contributed by atoms with Crippen LogP contribution in [0.25, 0.3) is 21.9 Å². The molecule has 0 fully saturated rings. The molecule has 2 heterocycles. The van der Waals surface area contributed by atoms with Gasteiger partial charge in [0.15, 0.2) is 5.82 Å². The molecule has 84 heavy (non-hydrogen) atoms. The van der Waals surface area contributed by atoms with Gasteiger partial charge in [-0.15, -0.1) is 0 Å². The Morgan fingerprint density at radius 2 is 0.893 bits per heavy atom. The summed E-state index contributed by atoms with van der Waals surface area (Å²) in [5, 5.41) is 4.34. The van der Waals surface area contributed by atoms with Gasteiger partial charge in [0.1, 0.15) is 16.9 Å². The highest BCUT2D eigenvalue weighted by Crippen LogP contribution is 2.31. The van der Waals surface area contributed by atoms with Crippen LogP contribution < -0.4 is 11.1 Å². The van der Waals surface area contributed by atoms with Crippen molar-refractivity contribution in [3.8, 4) is 0 Å². The average Bonchev–Trinajstić information content (AvgIpc) is 1.91. The van der Waals surface area contributed by atoms with Crippen molar-refractivity contribution in [3.63, 3.8) is 0 Å². The van der Waals surface area contributed by atoms with Gasteiger partial charge in [0.05, 0.1) is 63.2 Å². The summed E-state index contributed by atoms with van der Waals surface area (Å²) in [5.41, 5.74) is 7.93. The predicted molar refractivity (Wildman–Crippen MR) is 346 cm³/mol. The van der Waals surface area contributed by atoms with Crippen LogP contribution in [0.15, 0.2) is 24.3 Å². The quantitative estimate of drug-likeness (QED) is 0.0309. The fourth-order valence-corrected chi connectivity index (χ4v) is 11.1. The summed E-state index contributed by atoms with van der Waals surface area (Å²) < 4.78 is 25.4. The standard InChI is InChI=1S/C69H121N7O8/c1-7-11-14-17-20-23-25-28-31-39-54-81-62(77)45-51-74(48-37-33-34-44-65(80)84-69(5,6)58-76-61(57-71-10-4)73-66-67(76)59-42-35-36-43-60(59)72-68(66)70)49-41-50-75(52-46-63(78)82-55-38-30-27-22-19-16-13-9-3)53-47-64(79)83-56-40-32-29-26-24-21-18-15-12-8-2/h35-36,42-43,71H,7-34,37-41,44-58H2,1-6H3,(H2,70,72). The summed E-state index contributed by atoms with van der Waals surface area (Å²) in [6.45, 7) is 19.5. The number of hydrogen-bond acceptors (Lipinski definition) is 14. The number of unbranched alkanes of at least 4 members (excludes halogenated alkanes) is 27. The van der Waals surface area contributed by atoms with E-state index in [4.69, 9.17) is 29.7 Å². The van der Waals surface area contributed by atoms with E-state index in [0.29, 0.717) is 89.7 Å². The molecule has 0 aliphatic rings. The molecule has 0 spiro atoms. The number of carbonyl (C=O) groups excluding carboxylic acids is 4. The number of nitrogens with one attached hydrogen (secondary N) is 1. The van der Waals surface area contributed by atoms with Gasteiger partial charge < -0.3 is 44.4 Å². The smallest absolute Gasteiger partial charge is 0.307 e. The molecule has 0 radical (unpaired) electrons. The Morgan fingerprint density at radius 1 is 0.488 bits per heavy atom. The number of hydrogen-bond donors (Lipinski definition) is 2. The van der Waals surface area contributed by atoms with E-state index in [1.807, 2.05) is 38.1 Å². The third-order valence-corrected chi connectivity index (χ3v) is 16.1. The number of imidazole rings is 1. The highest BCUT2D eigenvalue weighted by molar-refractivity contribution is 6.06. The first-order valence-electron chi connectivity index (χ1n) is 34.3. The highest BCUT2D eigenvalue weighted by Gasteiger charge is 2.28. The zero-order chi connectivity index (χ0) is 60.7. The first-order valence-corrected chi connectivity index (χ1v) is 34.3. The van der Waals surface area contributed by atoms with E-state index in [9.17, 15) is 19.2 Å². The number of nitrogens with two attached hydrogens (primary N) is 1. The molecule has 0 unspecified atom stereocenters. The van der Waals surface area contributed by atoms with Crippen LogP contribution >= 0.6 is 0 Å². The minimum Gasteiger partial charge on any atom is -0.466 e. The molecule has 480 valence electrons. The number of pyridine rings is 1. The summed E-state index contributed by atoms with van der Waals surface area (Å²) in [7, 11) is 0. The monoisotopic (exact) mass is 1180 g/mol. The normalized spacial score (nSPS) is 11.9. The number of aromatic nitrogens is 3. The molecule has 0 saturated carbocycles. The minimum absolute atomic E-state index is 0.171. The Labute approximate surface area is 510 Å². The molecule has 0 saturated heterocycles. The van der Waals surface area contributed by atoms with Gasteiger partial charge in [0, 0.05) is 31.4 Å². The largest absolute Gasteiger partial charge is 0.466 e. The van der Waals surface area contributed by atoms with Crippen molar-refractivity contribution in [3.05, 3.63) is 30.1 Å². The van der Waals surface area contributed by atoms with Crippen molar-refractivity contribution in [1.29, 1.82) is 0 Å². The number of benzene rings is 1. The third-order valence-electron chi connectivity index (χ3n) is 16.1. The molecule has 0 amide bonds. The number of para-hydroxylation sites is 1. The fourth-order valence-electron chi connectivity index (χ4n) is 11.1. The summed E-state index contributed by atoms with van der Waals surface area (Å²) in [6.07, 6.45) is 38.3. The van der Waals surface area contributed by atoms with Crippen LogP contribution in [0, 0.1) is 0 Å². The summed E-state index contributed by atoms with van der Waals surface area (Å²) >= 11 is 0. The number of nitrogen functional groups attached to an aromatic ring is 1. The summed E-state index contributed by atoms with van der Waals surface area (Å²) in [4.78, 5) is 66.7. The Kier molecular flexibility index (Phi) is 42.0. The Morgan fingerprint density at radius 3 is 1.35 bits per heavy atom. The molecule has 15 nitrogen and oxygen atoms in total. The molecule has 3 aromatic rings. The second kappa shape index (κ2) is 47.8. The van der Waals surface area contributed by atoms with E-state index in [0.717, 1.165) is 99.7 Å².